The molecule has 0 unspecified atom stereocenters. The molecule has 1 aromatic heterocycles. The van der Waals surface area contributed by atoms with Crippen molar-refractivity contribution in [2.75, 3.05) is 18.4 Å². The van der Waals surface area contributed by atoms with Crippen molar-refractivity contribution in [2.45, 2.75) is 50.0 Å². The van der Waals surface area contributed by atoms with Gasteiger partial charge in [0, 0.05) is 57.9 Å². The third-order valence-corrected chi connectivity index (χ3v) is 9.74. The number of aliphatic hydroxyl groups excluding tert-OH is 1. The van der Waals surface area contributed by atoms with Gasteiger partial charge in [0.1, 0.15) is 0 Å². The van der Waals surface area contributed by atoms with Gasteiger partial charge >= 0.3 is 0 Å². The van der Waals surface area contributed by atoms with Gasteiger partial charge < -0.3 is 15.4 Å². The number of anilines is 1. The van der Waals surface area contributed by atoms with Crippen LogP contribution < -0.4 is 5.32 Å². The zero-order chi connectivity index (χ0) is 27.2. The number of hydrogen-bond donors (Lipinski definition) is 3. The number of rotatable bonds is 6. The molecule has 7 nitrogen and oxygen atoms in total. The first-order valence-corrected chi connectivity index (χ1v) is 14.9. The molecule has 1 amide bonds. The van der Waals surface area contributed by atoms with Crippen molar-refractivity contribution in [1.29, 1.82) is 0 Å². The zero-order valence-corrected chi connectivity index (χ0v) is 23.5. The number of aromatic amines is 1. The van der Waals surface area contributed by atoms with Gasteiger partial charge in [-0.3, -0.25) is 9.69 Å². The van der Waals surface area contributed by atoms with Crippen molar-refractivity contribution < 1.29 is 18.3 Å². The Morgan fingerprint density at radius 2 is 1.76 bits per heavy atom. The van der Waals surface area contributed by atoms with E-state index in [0.717, 1.165) is 49.4 Å². The average molecular weight is 575 g/mol. The van der Waals surface area contributed by atoms with E-state index in [1.54, 1.807) is 30.3 Å². The van der Waals surface area contributed by atoms with E-state index in [9.17, 15) is 18.3 Å². The van der Waals surface area contributed by atoms with Crippen molar-refractivity contribution in [3.05, 3.63) is 80.1 Å². The van der Waals surface area contributed by atoms with Crippen LogP contribution in [0.25, 0.3) is 11.6 Å². The Labute approximate surface area is 232 Å². The highest BCUT2D eigenvalue weighted by atomic mass is 35.5. The number of sulfone groups is 1. The Hall–Kier alpha value is -2.62. The minimum absolute atomic E-state index is 0.0852. The quantitative estimate of drug-likeness (QED) is 0.344. The predicted octanol–water partition coefficient (Wildman–Crippen LogP) is 5.36. The van der Waals surface area contributed by atoms with E-state index >= 15 is 0 Å². The summed E-state index contributed by atoms with van der Waals surface area (Å²) in [6.07, 6.45) is 3.10. The molecule has 5 rings (SSSR count). The van der Waals surface area contributed by atoms with E-state index in [2.05, 4.69) is 15.2 Å². The molecule has 1 saturated heterocycles. The van der Waals surface area contributed by atoms with E-state index in [-0.39, 0.29) is 32.7 Å². The SMILES string of the molecule is Cc1[nH]c(C=C2C(=O)Nc3ccc(S(=O)(=O)Cc4c(Cl)cccc4Cl)cc32)c(C)c1CN1CCC(O)CC1. The molecule has 38 heavy (non-hydrogen) atoms. The van der Waals surface area contributed by atoms with Crippen LogP contribution in [0, 0.1) is 13.8 Å². The highest BCUT2D eigenvalue weighted by Gasteiger charge is 2.28. The van der Waals surface area contributed by atoms with Crippen LogP contribution in [0.4, 0.5) is 5.69 Å². The van der Waals surface area contributed by atoms with Crippen LogP contribution >= 0.6 is 23.2 Å². The number of nitrogens with one attached hydrogen (secondary N) is 2. The fourth-order valence-corrected chi connectivity index (χ4v) is 7.21. The molecule has 2 aliphatic heterocycles. The first-order chi connectivity index (χ1) is 18.0. The lowest BCUT2D eigenvalue weighted by Crippen LogP contribution is -2.35. The molecule has 200 valence electrons. The predicted molar refractivity (Wildman–Crippen MR) is 151 cm³/mol. The van der Waals surface area contributed by atoms with Gasteiger partial charge in [-0.25, -0.2) is 8.42 Å². The number of fused-ring (bicyclic) bond motifs is 1. The van der Waals surface area contributed by atoms with Crippen LogP contribution in [-0.2, 0) is 26.9 Å². The number of benzene rings is 2. The summed E-state index contributed by atoms with van der Waals surface area (Å²) in [6.45, 7) is 6.48. The topological polar surface area (TPSA) is 102 Å². The molecule has 3 N–H and O–H groups in total. The number of aryl methyl sites for hydroxylation is 1. The van der Waals surface area contributed by atoms with Gasteiger partial charge in [-0.15, -0.1) is 0 Å². The maximum absolute atomic E-state index is 13.3. The first-order valence-electron chi connectivity index (χ1n) is 12.4. The smallest absolute Gasteiger partial charge is 0.256 e. The summed E-state index contributed by atoms with van der Waals surface area (Å²) in [7, 11) is -3.79. The number of likely N-dealkylation sites (tertiary alicyclic amines) is 1. The van der Waals surface area contributed by atoms with Gasteiger partial charge in [0.15, 0.2) is 9.84 Å². The van der Waals surface area contributed by atoms with Gasteiger partial charge in [0.2, 0.25) is 0 Å². The molecule has 0 spiro atoms. The van der Waals surface area contributed by atoms with Crippen molar-refractivity contribution in [2.24, 2.45) is 0 Å². The number of hydrogen-bond acceptors (Lipinski definition) is 5. The largest absolute Gasteiger partial charge is 0.393 e. The molecular formula is C28H29Cl2N3O4S. The molecule has 10 heteroatoms. The normalized spacial score (nSPS) is 17.7. The van der Waals surface area contributed by atoms with E-state index in [1.165, 1.54) is 17.7 Å². The molecule has 2 aromatic carbocycles. The van der Waals surface area contributed by atoms with Gasteiger partial charge in [-0.05, 0) is 74.2 Å². The molecule has 2 aliphatic rings. The van der Waals surface area contributed by atoms with Crippen molar-refractivity contribution >= 4 is 56.3 Å². The highest BCUT2D eigenvalue weighted by molar-refractivity contribution is 7.90. The van der Waals surface area contributed by atoms with Gasteiger partial charge in [0.05, 0.1) is 22.3 Å². The maximum Gasteiger partial charge on any atom is 0.256 e. The third-order valence-electron chi connectivity index (χ3n) is 7.39. The lowest BCUT2D eigenvalue weighted by Gasteiger charge is -2.29. The average Bonchev–Trinajstić information content (AvgIpc) is 3.32. The Morgan fingerprint density at radius 3 is 2.45 bits per heavy atom. The van der Waals surface area contributed by atoms with Gasteiger partial charge in [-0.2, -0.15) is 0 Å². The van der Waals surface area contributed by atoms with Crippen LogP contribution in [0.2, 0.25) is 10.0 Å². The number of piperidine rings is 1. The minimum Gasteiger partial charge on any atom is -0.393 e. The number of halogens is 2. The molecule has 0 aliphatic carbocycles. The van der Waals surface area contributed by atoms with Crippen molar-refractivity contribution in [3.63, 3.8) is 0 Å². The molecule has 3 aromatic rings. The second kappa shape index (κ2) is 10.5. The molecule has 0 atom stereocenters. The summed E-state index contributed by atoms with van der Waals surface area (Å²) in [5.41, 5.74) is 5.86. The Kier molecular flexibility index (Phi) is 7.46. The summed E-state index contributed by atoms with van der Waals surface area (Å²) in [5.74, 6) is -0.641. The molecule has 0 radical (unpaired) electrons. The monoisotopic (exact) mass is 573 g/mol. The number of amides is 1. The number of carbonyl (C=O) groups excluding carboxylic acids is 1. The molecule has 0 saturated carbocycles. The first kappa shape index (κ1) is 27.0. The summed E-state index contributed by atoms with van der Waals surface area (Å²) < 4.78 is 26.6. The number of nitrogens with zero attached hydrogens (tertiary/aromatic N) is 1. The number of aromatic nitrogens is 1. The molecule has 3 heterocycles. The lowest BCUT2D eigenvalue weighted by atomic mass is 10.0. The summed E-state index contributed by atoms with van der Waals surface area (Å²) in [5, 5.41) is 13.2. The minimum atomic E-state index is -3.79. The standard InChI is InChI=1S/C28H29Cl2N3O4S/c1-16-22(14-33-10-8-18(34)9-11-33)17(2)31-27(16)13-21-20-12-19(6-7-26(20)32-28(21)35)38(36,37)15-23-24(29)4-3-5-25(23)30/h3-7,12-13,18,31,34H,8-11,14-15H2,1-2H3,(H,32,35). The summed E-state index contributed by atoms with van der Waals surface area (Å²) in [4.78, 5) is 18.7. The Balaban J connectivity index is 1.46. The van der Waals surface area contributed by atoms with E-state index in [0.29, 0.717) is 22.4 Å². The maximum atomic E-state index is 13.3. The second-order valence-electron chi connectivity index (χ2n) is 9.95. The van der Waals surface area contributed by atoms with Crippen molar-refractivity contribution in [3.8, 4) is 0 Å². The number of aliphatic hydroxyl groups is 1. The zero-order valence-electron chi connectivity index (χ0n) is 21.1. The Bertz CT molecular complexity index is 1530. The third kappa shape index (κ3) is 5.28. The van der Waals surface area contributed by atoms with Gasteiger partial charge in [-0.1, -0.05) is 29.3 Å². The molecule has 0 bridgehead atoms. The van der Waals surface area contributed by atoms with Crippen LogP contribution in [0.5, 0.6) is 0 Å². The summed E-state index contributed by atoms with van der Waals surface area (Å²) in [6, 6.07) is 9.50. The summed E-state index contributed by atoms with van der Waals surface area (Å²) >= 11 is 12.4. The van der Waals surface area contributed by atoms with E-state index < -0.39 is 9.84 Å². The molecular weight excluding hydrogens is 545 g/mol. The van der Waals surface area contributed by atoms with Crippen LogP contribution in [0.3, 0.4) is 0 Å². The van der Waals surface area contributed by atoms with Crippen molar-refractivity contribution in [1.82, 2.24) is 9.88 Å². The molecule has 1 fully saturated rings. The van der Waals surface area contributed by atoms with Gasteiger partial charge in [0.25, 0.3) is 5.91 Å². The fourth-order valence-electron chi connectivity index (χ4n) is 5.09. The highest BCUT2D eigenvalue weighted by Crippen LogP contribution is 2.37. The number of carbonyl (C=O) groups is 1. The van der Waals surface area contributed by atoms with E-state index in [4.69, 9.17) is 23.2 Å². The van der Waals surface area contributed by atoms with Crippen LogP contribution in [0.15, 0.2) is 41.3 Å². The lowest BCUT2D eigenvalue weighted by molar-refractivity contribution is -0.110. The van der Waals surface area contributed by atoms with Crippen LogP contribution in [-0.4, -0.2) is 48.5 Å². The van der Waals surface area contributed by atoms with Crippen LogP contribution in [0.1, 0.15) is 46.5 Å². The van der Waals surface area contributed by atoms with E-state index in [1.807, 2.05) is 13.8 Å². The fraction of sp³-hybridized carbons (Fsp3) is 0.321. The number of H-pyrrole nitrogens is 1. The second-order valence-corrected chi connectivity index (χ2v) is 12.8. The Morgan fingerprint density at radius 1 is 1.08 bits per heavy atom.